The van der Waals surface area contributed by atoms with E-state index in [9.17, 15) is 14.4 Å². The summed E-state index contributed by atoms with van der Waals surface area (Å²) in [6.45, 7) is 1.69. The number of thiophene rings is 1. The van der Waals surface area contributed by atoms with Crippen molar-refractivity contribution in [1.82, 2.24) is 5.32 Å². The molecule has 0 bridgehead atoms. The van der Waals surface area contributed by atoms with Crippen LogP contribution in [0.5, 0.6) is 0 Å². The van der Waals surface area contributed by atoms with Gasteiger partial charge in [0.05, 0.1) is 9.88 Å². The van der Waals surface area contributed by atoms with E-state index in [1.807, 2.05) is 0 Å². The van der Waals surface area contributed by atoms with E-state index in [1.54, 1.807) is 19.1 Å². The molecule has 0 aromatic carbocycles. The van der Waals surface area contributed by atoms with Crippen molar-refractivity contribution in [2.45, 2.75) is 32.2 Å². The fourth-order valence-electron chi connectivity index (χ4n) is 1.66. The highest BCUT2D eigenvalue weighted by atomic mass is 32.1. The molecule has 0 aliphatic heterocycles. The third-order valence-electron chi connectivity index (χ3n) is 3.04. The van der Waals surface area contributed by atoms with Gasteiger partial charge in [0, 0.05) is 5.92 Å². The van der Waals surface area contributed by atoms with Crippen LogP contribution in [0.3, 0.4) is 0 Å². The van der Waals surface area contributed by atoms with E-state index in [0.29, 0.717) is 16.3 Å². The first-order valence-corrected chi connectivity index (χ1v) is 7.27. The molecule has 1 atom stereocenters. The Morgan fingerprint density at radius 3 is 2.65 bits per heavy atom. The van der Waals surface area contributed by atoms with Crippen molar-refractivity contribution >= 4 is 34.1 Å². The van der Waals surface area contributed by atoms with Gasteiger partial charge in [-0.05, 0) is 31.4 Å². The average Bonchev–Trinajstić information content (AvgIpc) is 3.16. The van der Waals surface area contributed by atoms with E-state index in [2.05, 4.69) is 10.6 Å². The van der Waals surface area contributed by atoms with Crippen LogP contribution in [-0.2, 0) is 9.59 Å². The molecule has 1 aliphatic rings. The second-order valence-electron chi connectivity index (χ2n) is 4.70. The first kappa shape index (κ1) is 14.5. The number of nitrogens with one attached hydrogen (secondary N) is 2. The number of rotatable bonds is 6. The van der Waals surface area contributed by atoms with Crippen molar-refractivity contribution in [1.29, 1.82) is 0 Å². The number of hydrogen-bond donors (Lipinski definition) is 3. The first-order valence-electron chi connectivity index (χ1n) is 6.45. The second-order valence-corrected chi connectivity index (χ2v) is 5.78. The monoisotopic (exact) mass is 296 g/mol. The molecular weight excluding hydrogens is 280 g/mol. The molecule has 1 aliphatic carbocycles. The highest BCUT2D eigenvalue weighted by Crippen LogP contribution is 2.31. The summed E-state index contributed by atoms with van der Waals surface area (Å²) in [5.74, 6) is -1.41. The minimum absolute atomic E-state index is 0.0178. The van der Waals surface area contributed by atoms with Gasteiger partial charge in [0.1, 0.15) is 6.04 Å². The van der Waals surface area contributed by atoms with Crippen LogP contribution in [0.2, 0.25) is 0 Å². The average molecular weight is 296 g/mol. The molecule has 0 spiro atoms. The Morgan fingerprint density at radius 1 is 1.40 bits per heavy atom. The summed E-state index contributed by atoms with van der Waals surface area (Å²) >= 11 is 1.14. The first-order chi connectivity index (χ1) is 9.51. The molecule has 1 saturated carbocycles. The van der Waals surface area contributed by atoms with Crippen molar-refractivity contribution in [2.24, 2.45) is 5.92 Å². The Hall–Kier alpha value is -1.89. The van der Waals surface area contributed by atoms with E-state index in [1.165, 1.54) is 0 Å². The Morgan fingerprint density at radius 2 is 2.10 bits per heavy atom. The molecule has 2 rings (SSSR count). The summed E-state index contributed by atoms with van der Waals surface area (Å²) in [4.78, 5) is 34.7. The summed E-state index contributed by atoms with van der Waals surface area (Å²) in [7, 11) is 0. The van der Waals surface area contributed by atoms with Crippen LogP contribution in [0.4, 0.5) is 5.00 Å². The van der Waals surface area contributed by atoms with E-state index >= 15 is 0 Å². The maximum atomic E-state index is 11.9. The molecule has 1 fully saturated rings. The number of amides is 2. The van der Waals surface area contributed by atoms with E-state index in [-0.39, 0.29) is 11.8 Å². The van der Waals surface area contributed by atoms with Gasteiger partial charge in [-0.15, -0.1) is 11.3 Å². The Labute approximate surface area is 120 Å². The quantitative estimate of drug-likeness (QED) is 0.744. The van der Waals surface area contributed by atoms with E-state index < -0.39 is 17.9 Å². The van der Waals surface area contributed by atoms with Crippen molar-refractivity contribution < 1.29 is 19.5 Å². The molecular formula is C13H16N2O4S. The zero-order chi connectivity index (χ0) is 14.7. The van der Waals surface area contributed by atoms with Crippen LogP contribution < -0.4 is 10.6 Å². The highest BCUT2D eigenvalue weighted by molar-refractivity contribution is 7.18. The number of carboxylic acid groups (broad SMARTS) is 1. The zero-order valence-electron chi connectivity index (χ0n) is 11.0. The van der Waals surface area contributed by atoms with Gasteiger partial charge in [-0.1, -0.05) is 6.92 Å². The minimum atomic E-state index is -1.06. The molecule has 6 nitrogen and oxygen atoms in total. The SMILES string of the molecule is CCC(NC(=O)c1ccc(NC(=O)C2CC2)s1)C(=O)O. The molecule has 1 unspecified atom stereocenters. The Balaban J connectivity index is 1.95. The highest BCUT2D eigenvalue weighted by Gasteiger charge is 2.30. The van der Waals surface area contributed by atoms with Gasteiger partial charge in [-0.2, -0.15) is 0 Å². The van der Waals surface area contributed by atoms with Crippen molar-refractivity contribution in [3.8, 4) is 0 Å². The predicted octanol–water partition coefficient (Wildman–Crippen LogP) is 1.69. The van der Waals surface area contributed by atoms with Crippen LogP contribution in [0.1, 0.15) is 35.9 Å². The van der Waals surface area contributed by atoms with Gasteiger partial charge in [-0.3, -0.25) is 9.59 Å². The molecule has 108 valence electrons. The number of carboxylic acids is 1. The van der Waals surface area contributed by atoms with Crippen LogP contribution in [-0.4, -0.2) is 28.9 Å². The normalized spacial score (nSPS) is 15.4. The van der Waals surface area contributed by atoms with E-state index in [0.717, 1.165) is 24.2 Å². The lowest BCUT2D eigenvalue weighted by Gasteiger charge is -2.10. The molecule has 20 heavy (non-hydrogen) atoms. The van der Waals surface area contributed by atoms with Crippen molar-refractivity contribution in [2.75, 3.05) is 5.32 Å². The van der Waals surface area contributed by atoms with Crippen LogP contribution in [0.25, 0.3) is 0 Å². The lowest BCUT2D eigenvalue weighted by atomic mass is 10.2. The largest absolute Gasteiger partial charge is 0.480 e. The maximum Gasteiger partial charge on any atom is 0.326 e. The molecule has 1 aromatic rings. The number of aliphatic carboxylic acids is 1. The lowest BCUT2D eigenvalue weighted by Crippen LogP contribution is -2.39. The fourth-order valence-corrected chi connectivity index (χ4v) is 2.48. The van der Waals surface area contributed by atoms with Crippen LogP contribution in [0, 0.1) is 5.92 Å². The van der Waals surface area contributed by atoms with Gasteiger partial charge < -0.3 is 15.7 Å². The number of carbonyl (C=O) groups is 3. The predicted molar refractivity (Wildman–Crippen MR) is 74.9 cm³/mol. The molecule has 7 heteroatoms. The summed E-state index contributed by atoms with van der Waals surface area (Å²) in [6.07, 6.45) is 2.15. The number of anilines is 1. The number of hydrogen-bond acceptors (Lipinski definition) is 4. The fraction of sp³-hybridized carbons (Fsp3) is 0.462. The maximum absolute atomic E-state index is 11.9. The Kier molecular flexibility index (Phi) is 4.39. The molecule has 1 heterocycles. The van der Waals surface area contributed by atoms with E-state index in [4.69, 9.17) is 5.11 Å². The summed E-state index contributed by atoms with van der Waals surface area (Å²) in [5, 5.41) is 14.7. The van der Waals surface area contributed by atoms with Gasteiger partial charge in [0.25, 0.3) is 5.91 Å². The standard InChI is InChI=1S/C13H16N2O4S/c1-2-8(13(18)19)14-12(17)9-5-6-10(20-9)15-11(16)7-3-4-7/h5-8H,2-4H2,1H3,(H,14,17)(H,15,16)(H,18,19). The van der Waals surface area contributed by atoms with Crippen molar-refractivity contribution in [3.63, 3.8) is 0 Å². The molecule has 2 amide bonds. The molecule has 0 radical (unpaired) electrons. The topological polar surface area (TPSA) is 95.5 Å². The van der Waals surface area contributed by atoms with Gasteiger partial charge in [0.15, 0.2) is 0 Å². The smallest absolute Gasteiger partial charge is 0.326 e. The molecule has 0 saturated heterocycles. The zero-order valence-corrected chi connectivity index (χ0v) is 11.8. The summed E-state index contributed by atoms with van der Waals surface area (Å²) in [5.41, 5.74) is 0. The number of carbonyl (C=O) groups excluding carboxylic acids is 2. The summed E-state index contributed by atoms with van der Waals surface area (Å²) < 4.78 is 0. The second kappa shape index (κ2) is 6.04. The lowest BCUT2D eigenvalue weighted by molar-refractivity contribution is -0.139. The third kappa shape index (κ3) is 3.57. The summed E-state index contributed by atoms with van der Waals surface area (Å²) in [6, 6.07) is 2.34. The Bertz CT molecular complexity index is 536. The minimum Gasteiger partial charge on any atom is -0.480 e. The van der Waals surface area contributed by atoms with Gasteiger partial charge in [0.2, 0.25) is 5.91 Å². The molecule has 1 aromatic heterocycles. The van der Waals surface area contributed by atoms with Crippen molar-refractivity contribution in [3.05, 3.63) is 17.0 Å². The van der Waals surface area contributed by atoms with Crippen LogP contribution >= 0.6 is 11.3 Å². The van der Waals surface area contributed by atoms with Crippen LogP contribution in [0.15, 0.2) is 12.1 Å². The van der Waals surface area contributed by atoms with Gasteiger partial charge >= 0.3 is 5.97 Å². The van der Waals surface area contributed by atoms with Gasteiger partial charge in [-0.25, -0.2) is 4.79 Å². The molecule has 3 N–H and O–H groups in total. The third-order valence-corrected chi connectivity index (χ3v) is 4.04.